The van der Waals surface area contributed by atoms with Crippen molar-refractivity contribution < 1.29 is 21.6 Å². The summed E-state index contributed by atoms with van der Waals surface area (Å²) < 4.78 is 67.7. The number of sulfone groups is 1. The average Bonchev–Trinajstić information content (AvgIpc) is 3.58. The van der Waals surface area contributed by atoms with E-state index in [1.165, 1.54) is 11.5 Å². The lowest BCUT2D eigenvalue weighted by Gasteiger charge is -2.14. The van der Waals surface area contributed by atoms with Gasteiger partial charge in [-0.05, 0) is 30.5 Å². The van der Waals surface area contributed by atoms with Crippen LogP contribution in [0.3, 0.4) is 0 Å². The van der Waals surface area contributed by atoms with Crippen LogP contribution in [0.25, 0.3) is 33.5 Å². The number of nitrogens with zero attached hydrogens (tertiary/aromatic N) is 4. The van der Waals surface area contributed by atoms with Crippen LogP contribution in [-0.4, -0.2) is 33.7 Å². The molecule has 1 fully saturated rings. The zero-order valence-corrected chi connectivity index (χ0v) is 20.8. The summed E-state index contributed by atoms with van der Waals surface area (Å²) in [4.78, 5) is 12.7. The SMILES string of the molecule is CCC#CC1(c2ccc3c(S(=O)(=O)CC)c(-c4nc5cc(C(F)(F)F)cnc5n4C)ncc3c2)CC1. The third-order valence-electron chi connectivity index (χ3n) is 6.59. The maximum Gasteiger partial charge on any atom is 0.417 e. The van der Waals surface area contributed by atoms with E-state index in [0.29, 0.717) is 10.8 Å². The summed E-state index contributed by atoms with van der Waals surface area (Å²) in [5, 5.41) is 1.14. The Balaban J connectivity index is 1.74. The van der Waals surface area contributed by atoms with Crippen LogP contribution in [0.2, 0.25) is 0 Å². The lowest BCUT2D eigenvalue weighted by Crippen LogP contribution is -2.10. The molecule has 3 heterocycles. The third-order valence-corrected chi connectivity index (χ3v) is 8.39. The van der Waals surface area contributed by atoms with E-state index in [9.17, 15) is 21.6 Å². The number of imidazole rings is 1. The van der Waals surface area contributed by atoms with Crippen LogP contribution in [0.1, 0.15) is 44.2 Å². The van der Waals surface area contributed by atoms with Crippen molar-refractivity contribution in [2.45, 2.75) is 49.6 Å². The molecule has 0 saturated heterocycles. The van der Waals surface area contributed by atoms with Crippen LogP contribution >= 0.6 is 0 Å². The normalized spacial score (nSPS) is 15.2. The topological polar surface area (TPSA) is 77.7 Å². The van der Waals surface area contributed by atoms with Gasteiger partial charge in [0.1, 0.15) is 16.1 Å². The molecule has 10 heteroatoms. The predicted octanol–water partition coefficient (Wildman–Crippen LogP) is 5.44. The second kappa shape index (κ2) is 8.30. The van der Waals surface area contributed by atoms with Gasteiger partial charge >= 0.3 is 6.18 Å². The smallest absolute Gasteiger partial charge is 0.310 e. The molecule has 0 radical (unpaired) electrons. The highest BCUT2D eigenvalue weighted by molar-refractivity contribution is 7.91. The summed E-state index contributed by atoms with van der Waals surface area (Å²) >= 11 is 0. The Morgan fingerprint density at radius 3 is 2.50 bits per heavy atom. The second-order valence-electron chi connectivity index (χ2n) is 8.94. The van der Waals surface area contributed by atoms with E-state index >= 15 is 0 Å². The number of aromatic nitrogens is 4. The lowest BCUT2D eigenvalue weighted by atomic mass is 9.94. The summed E-state index contributed by atoms with van der Waals surface area (Å²) in [5.74, 6) is 6.45. The Morgan fingerprint density at radius 2 is 1.86 bits per heavy atom. The number of pyridine rings is 2. The average molecular weight is 513 g/mol. The number of alkyl halides is 3. The Labute approximate surface area is 206 Å². The largest absolute Gasteiger partial charge is 0.417 e. The van der Waals surface area contributed by atoms with Gasteiger partial charge in [-0.25, -0.2) is 18.4 Å². The van der Waals surface area contributed by atoms with Crippen molar-refractivity contribution in [3.05, 3.63) is 47.8 Å². The van der Waals surface area contributed by atoms with Gasteiger partial charge in [-0.1, -0.05) is 31.9 Å². The molecule has 36 heavy (non-hydrogen) atoms. The Morgan fingerprint density at radius 1 is 1.11 bits per heavy atom. The van der Waals surface area contributed by atoms with Gasteiger partial charge in [0.2, 0.25) is 0 Å². The maximum atomic E-state index is 13.3. The zero-order chi connectivity index (χ0) is 25.9. The van der Waals surface area contributed by atoms with Crippen LogP contribution in [-0.2, 0) is 28.5 Å². The van der Waals surface area contributed by atoms with Crippen LogP contribution in [0.5, 0.6) is 0 Å². The minimum Gasteiger partial charge on any atom is -0.310 e. The number of fused-ring (bicyclic) bond motifs is 2. The molecule has 0 bridgehead atoms. The van der Waals surface area contributed by atoms with Crippen LogP contribution in [0, 0.1) is 11.8 Å². The van der Waals surface area contributed by atoms with Gasteiger partial charge in [-0.3, -0.25) is 4.98 Å². The molecule has 4 aromatic rings. The first kappa shape index (κ1) is 24.3. The number of benzene rings is 1. The molecule has 0 atom stereocenters. The molecule has 186 valence electrons. The summed E-state index contributed by atoms with van der Waals surface area (Å²) in [5.41, 5.74) is 0.173. The first-order chi connectivity index (χ1) is 17.0. The van der Waals surface area contributed by atoms with Crippen LogP contribution in [0.15, 0.2) is 41.6 Å². The summed E-state index contributed by atoms with van der Waals surface area (Å²) in [6.07, 6.45) is 0.404. The van der Waals surface area contributed by atoms with Gasteiger partial charge in [0.25, 0.3) is 0 Å². The maximum absolute atomic E-state index is 13.3. The number of halogens is 3. The third kappa shape index (κ3) is 3.91. The van der Waals surface area contributed by atoms with Crippen LogP contribution in [0.4, 0.5) is 13.2 Å². The molecule has 3 aromatic heterocycles. The monoisotopic (exact) mass is 512 g/mol. The lowest BCUT2D eigenvalue weighted by molar-refractivity contribution is -0.137. The number of rotatable bonds is 4. The molecule has 1 aliphatic carbocycles. The van der Waals surface area contributed by atoms with Crippen molar-refractivity contribution in [1.29, 1.82) is 0 Å². The van der Waals surface area contributed by atoms with Crippen molar-refractivity contribution in [1.82, 2.24) is 19.5 Å². The number of hydrogen-bond donors (Lipinski definition) is 0. The molecule has 1 saturated carbocycles. The molecule has 6 nitrogen and oxygen atoms in total. The highest BCUT2D eigenvalue weighted by Gasteiger charge is 2.43. The van der Waals surface area contributed by atoms with Gasteiger partial charge in [0.15, 0.2) is 21.3 Å². The summed E-state index contributed by atoms with van der Waals surface area (Å²) in [7, 11) is -2.21. The van der Waals surface area contributed by atoms with Gasteiger partial charge in [-0.15, -0.1) is 5.92 Å². The van der Waals surface area contributed by atoms with E-state index in [1.54, 1.807) is 19.3 Å². The predicted molar refractivity (Wildman–Crippen MR) is 131 cm³/mol. The van der Waals surface area contributed by atoms with E-state index in [4.69, 9.17) is 0 Å². The quantitative estimate of drug-likeness (QED) is 0.340. The molecule has 0 spiro atoms. The standard InChI is InChI=1S/C26H23F3N4O2S/c1-4-6-9-25(10-11-25)17-7-8-19-16(12-17)14-30-21(22(19)36(34,35)5-2)24-32-20-13-18(26(27,28)29)15-31-23(20)33(24)3/h7-8,12-15H,4-5,10-11H2,1-3H3. The van der Waals surface area contributed by atoms with Crippen LogP contribution < -0.4 is 0 Å². The second-order valence-corrected chi connectivity index (χ2v) is 11.2. The molecule has 1 aromatic carbocycles. The molecule has 1 aliphatic rings. The van der Waals surface area contributed by atoms with Crippen molar-refractivity contribution in [3.63, 3.8) is 0 Å². The molecule has 0 unspecified atom stereocenters. The number of aryl methyl sites for hydroxylation is 1. The van der Waals surface area contributed by atoms with E-state index in [-0.39, 0.29) is 38.7 Å². The van der Waals surface area contributed by atoms with Crippen molar-refractivity contribution >= 4 is 31.8 Å². The minimum atomic E-state index is -4.57. The molecular formula is C26H23F3N4O2S. The first-order valence-electron chi connectivity index (χ1n) is 11.6. The molecular weight excluding hydrogens is 489 g/mol. The highest BCUT2D eigenvalue weighted by Crippen LogP contribution is 2.48. The Kier molecular flexibility index (Phi) is 5.59. The van der Waals surface area contributed by atoms with E-state index < -0.39 is 21.6 Å². The highest BCUT2D eigenvalue weighted by atomic mass is 32.2. The molecule has 5 rings (SSSR count). The molecule has 0 aliphatic heterocycles. The van der Waals surface area contributed by atoms with Gasteiger partial charge in [0.05, 0.1) is 16.7 Å². The van der Waals surface area contributed by atoms with Crippen molar-refractivity contribution in [3.8, 4) is 23.4 Å². The van der Waals surface area contributed by atoms with E-state index in [2.05, 4.69) is 26.8 Å². The Bertz CT molecular complexity index is 1690. The van der Waals surface area contributed by atoms with E-state index in [1.807, 2.05) is 19.1 Å². The molecule has 0 N–H and O–H groups in total. The van der Waals surface area contributed by atoms with Gasteiger partial charge < -0.3 is 4.57 Å². The fourth-order valence-corrected chi connectivity index (χ4v) is 5.67. The fraction of sp³-hybridized carbons (Fsp3) is 0.346. The zero-order valence-electron chi connectivity index (χ0n) is 19.9. The first-order valence-corrected chi connectivity index (χ1v) is 13.2. The number of hydrogen-bond acceptors (Lipinski definition) is 5. The Hall–Kier alpha value is -3.45. The van der Waals surface area contributed by atoms with Gasteiger partial charge in [0, 0.05) is 36.6 Å². The summed E-state index contributed by atoms with van der Waals surface area (Å²) in [6, 6.07) is 6.52. The minimum absolute atomic E-state index is 0.00425. The van der Waals surface area contributed by atoms with E-state index in [0.717, 1.165) is 37.1 Å². The summed E-state index contributed by atoms with van der Waals surface area (Å²) in [6.45, 7) is 3.54. The van der Waals surface area contributed by atoms with Gasteiger partial charge in [-0.2, -0.15) is 13.2 Å². The molecule has 0 amide bonds. The fourth-order valence-electron chi connectivity index (χ4n) is 4.42. The van der Waals surface area contributed by atoms with Crippen molar-refractivity contribution in [2.24, 2.45) is 7.05 Å². The van der Waals surface area contributed by atoms with Crippen molar-refractivity contribution in [2.75, 3.05) is 5.75 Å².